The molecule has 5 heteroatoms. The van der Waals surface area contributed by atoms with Gasteiger partial charge in [-0.3, -0.25) is 4.79 Å². The maximum atomic E-state index is 12.9. The van der Waals surface area contributed by atoms with Crippen molar-refractivity contribution >= 4 is 35.0 Å². The molecule has 0 bridgehead atoms. The second-order valence-corrected chi connectivity index (χ2v) is 7.79. The fourth-order valence-corrected chi connectivity index (χ4v) is 4.16. The number of nitrogens with zero attached hydrogens (tertiary/aromatic N) is 2. The molecule has 3 nitrogen and oxygen atoms in total. The standard InChI is InChI=1S/C19H21ClN2OS/c1-14(24-18-10-6-4-8-16(18)20)19(23)22-12-11-21(2)17-9-5-3-7-15(17)13-22/h3-10,14H,11-13H2,1-2H3. The van der Waals surface area contributed by atoms with Crippen molar-refractivity contribution in [2.75, 3.05) is 25.0 Å². The Bertz CT molecular complexity index is 737. The van der Waals surface area contributed by atoms with Crippen LogP contribution in [0.5, 0.6) is 0 Å². The Hall–Kier alpha value is -1.65. The van der Waals surface area contributed by atoms with E-state index >= 15 is 0 Å². The highest BCUT2D eigenvalue weighted by atomic mass is 35.5. The van der Waals surface area contributed by atoms with Gasteiger partial charge in [0.1, 0.15) is 0 Å². The van der Waals surface area contributed by atoms with Crippen LogP contribution in [0.4, 0.5) is 5.69 Å². The number of hydrogen-bond acceptors (Lipinski definition) is 3. The molecule has 0 saturated heterocycles. The summed E-state index contributed by atoms with van der Waals surface area (Å²) >= 11 is 7.74. The van der Waals surface area contributed by atoms with Crippen molar-refractivity contribution in [3.05, 3.63) is 59.1 Å². The van der Waals surface area contributed by atoms with Crippen LogP contribution in [-0.2, 0) is 11.3 Å². The normalized spacial score (nSPS) is 15.6. The van der Waals surface area contributed by atoms with E-state index in [2.05, 4.69) is 24.1 Å². The second kappa shape index (κ2) is 7.49. The number of hydrogen-bond donors (Lipinski definition) is 0. The van der Waals surface area contributed by atoms with Crippen LogP contribution < -0.4 is 4.90 Å². The summed E-state index contributed by atoms with van der Waals surface area (Å²) in [6.07, 6.45) is 0. The molecule has 126 valence electrons. The lowest BCUT2D eigenvalue weighted by Crippen LogP contribution is -2.38. The number of thioether (sulfide) groups is 1. The lowest BCUT2D eigenvalue weighted by molar-refractivity contribution is -0.130. The Kier molecular flexibility index (Phi) is 5.36. The summed E-state index contributed by atoms with van der Waals surface area (Å²) in [5, 5.41) is 0.531. The summed E-state index contributed by atoms with van der Waals surface area (Å²) in [4.78, 5) is 18.0. The number of carbonyl (C=O) groups excluding carboxylic acids is 1. The number of para-hydroxylation sites is 1. The van der Waals surface area contributed by atoms with Crippen molar-refractivity contribution < 1.29 is 4.79 Å². The number of fused-ring (bicyclic) bond motifs is 1. The molecule has 0 radical (unpaired) electrons. The van der Waals surface area contributed by atoms with E-state index in [1.807, 2.05) is 48.2 Å². The average molecular weight is 361 g/mol. The van der Waals surface area contributed by atoms with Gasteiger partial charge in [-0.1, -0.05) is 41.9 Å². The zero-order valence-corrected chi connectivity index (χ0v) is 15.5. The van der Waals surface area contributed by atoms with Crippen LogP contribution in [0.1, 0.15) is 12.5 Å². The number of amides is 1. The molecule has 1 unspecified atom stereocenters. The highest BCUT2D eigenvalue weighted by Gasteiger charge is 2.25. The van der Waals surface area contributed by atoms with E-state index in [4.69, 9.17) is 11.6 Å². The topological polar surface area (TPSA) is 23.6 Å². The highest BCUT2D eigenvalue weighted by Crippen LogP contribution is 2.32. The number of halogens is 1. The fraction of sp³-hybridized carbons (Fsp3) is 0.316. The molecule has 3 rings (SSSR count). The lowest BCUT2D eigenvalue weighted by Gasteiger charge is -2.24. The third-order valence-corrected chi connectivity index (χ3v) is 5.88. The molecule has 0 spiro atoms. The van der Waals surface area contributed by atoms with E-state index in [9.17, 15) is 4.79 Å². The number of benzene rings is 2. The smallest absolute Gasteiger partial charge is 0.236 e. The maximum absolute atomic E-state index is 12.9. The van der Waals surface area contributed by atoms with Crippen molar-refractivity contribution in [1.29, 1.82) is 0 Å². The third-order valence-electron chi connectivity index (χ3n) is 4.27. The van der Waals surface area contributed by atoms with Crippen molar-refractivity contribution in [3.63, 3.8) is 0 Å². The van der Waals surface area contributed by atoms with Crippen LogP contribution >= 0.6 is 23.4 Å². The van der Waals surface area contributed by atoms with Gasteiger partial charge >= 0.3 is 0 Å². The Morgan fingerprint density at radius 1 is 1.12 bits per heavy atom. The van der Waals surface area contributed by atoms with Gasteiger partial charge < -0.3 is 9.80 Å². The molecule has 0 saturated carbocycles. The van der Waals surface area contributed by atoms with Gasteiger partial charge in [0.05, 0.1) is 10.3 Å². The third kappa shape index (κ3) is 3.70. The van der Waals surface area contributed by atoms with Crippen LogP contribution in [0.15, 0.2) is 53.4 Å². The van der Waals surface area contributed by atoms with Crippen LogP contribution in [-0.4, -0.2) is 36.2 Å². The van der Waals surface area contributed by atoms with Crippen LogP contribution in [0.25, 0.3) is 0 Å². The molecule has 0 N–H and O–H groups in total. The van der Waals surface area contributed by atoms with Crippen LogP contribution in [0.2, 0.25) is 5.02 Å². The minimum atomic E-state index is -0.166. The molecule has 24 heavy (non-hydrogen) atoms. The quantitative estimate of drug-likeness (QED) is 0.762. The molecule has 1 aliphatic rings. The highest BCUT2D eigenvalue weighted by molar-refractivity contribution is 8.00. The second-order valence-electron chi connectivity index (χ2n) is 6.00. The Morgan fingerprint density at radius 2 is 1.83 bits per heavy atom. The molecule has 1 atom stereocenters. The SMILES string of the molecule is CC(Sc1ccccc1Cl)C(=O)N1CCN(C)c2ccccc2C1. The first-order chi connectivity index (χ1) is 11.6. The van der Waals surface area contributed by atoms with Gasteiger partial charge in [-0.05, 0) is 30.7 Å². The van der Waals surface area contributed by atoms with Gasteiger partial charge in [-0.25, -0.2) is 0 Å². The zero-order valence-electron chi connectivity index (χ0n) is 13.9. The van der Waals surface area contributed by atoms with Crippen molar-refractivity contribution in [3.8, 4) is 0 Å². The first-order valence-corrected chi connectivity index (χ1v) is 9.31. The molecular weight excluding hydrogens is 340 g/mol. The Morgan fingerprint density at radius 3 is 2.62 bits per heavy atom. The molecule has 1 heterocycles. The number of likely N-dealkylation sites (N-methyl/N-ethyl adjacent to an activating group) is 1. The number of anilines is 1. The molecule has 0 aliphatic carbocycles. The summed E-state index contributed by atoms with van der Waals surface area (Å²) in [7, 11) is 2.08. The van der Waals surface area contributed by atoms with Crippen molar-refractivity contribution in [1.82, 2.24) is 4.90 Å². The van der Waals surface area contributed by atoms with E-state index in [0.717, 1.165) is 18.0 Å². The van der Waals surface area contributed by atoms with E-state index in [0.29, 0.717) is 11.6 Å². The predicted molar refractivity (Wildman–Crippen MR) is 102 cm³/mol. The Balaban J connectivity index is 1.74. The van der Waals surface area contributed by atoms with E-state index in [1.54, 1.807) is 0 Å². The summed E-state index contributed by atoms with van der Waals surface area (Å²) in [6.45, 7) is 4.19. The Labute approximate surface area is 152 Å². The molecule has 2 aromatic rings. The molecule has 2 aromatic carbocycles. The first-order valence-electron chi connectivity index (χ1n) is 8.05. The zero-order chi connectivity index (χ0) is 17.1. The maximum Gasteiger partial charge on any atom is 0.236 e. The van der Waals surface area contributed by atoms with Gasteiger partial charge in [0, 0.05) is 37.3 Å². The molecule has 1 aliphatic heterocycles. The number of carbonyl (C=O) groups is 1. The van der Waals surface area contributed by atoms with Crippen molar-refractivity contribution in [2.45, 2.75) is 23.6 Å². The molecule has 0 aromatic heterocycles. The minimum Gasteiger partial charge on any atom is -0.373 e. The predicted octanol–water partition coefficient (Wildman–Crippen LogP) is 4.30. The summed E-state index contributed by atoms with van der Waals surface area (Å²) in [5.74, 6) is 0.157. The van der Waals surface area contributed by atoms with Gasteiger partial charge in [0.25, 0.3) is 0 Å². The van der Waals surface area contributed by atoms with Gasteiger partial charge in [-0.15, -0.1) is 11.8 Å². The molecule has 0 fully saturated rings. The van der Waals surface area contributed by atoms with E-state index < -0.39 is 0 Å². The largest absolute Gasteiger partial charge is 0.373 e. The summed E-state index contributed by atoms with van der Waals surface area (Å²) in [5.41, 5.74) is 2.40. The van der Waals surface area contributed by atoms with Crippen LogP contribution in [0, 0.1) is 0 Å². The van der Waals surface area contributed by atoms with Gasteiger partial charge in [0.15, 0.2) is 0 Å². The van der Waals surface area contributed by atoms with Gasteiger partial charge in [-0.2, -0.15) is 0 Å². The first kappa shape index (κ1) is 17.2. The average Bonchev–Trinajstić information content (AvgIpc) is 2.76. The number of rotatable bonds is 3. The fourth-order valence-electron chi connectivity index (χ4n) is 2.92. The molecular formula is C19H21ClN2OS. The van der Waals surface area contributed by atoms with E-state index in [-0.39, 0.29) is 11.2 Å². The minimum absolute atomic E-state index is 0.157. The monoisotopic (exact) mass is 360 g/mol. The van der Waals surface area contributed by atoms with Crippen LogP contribution in [0.3, 0.4) is 0 Å². The summed E-state index contributed by atoms with van der Waals surface area (Å²) in [6, 6.07) is 16.0. The lowest BCUT2D eigenvalue weighted by atomic mass is 10.1. The molecule has 1 amide bonds. The van der Waals surface area contributed by atoms with Gasteiger partial charge in [0.2, 0.25) is 5.91 Å². The summed E-state index contributed by atoms with van der Waals surface area (Å²) < 4.78 is 0. The van der Waals surface area contributed by atoms with E-state index in [1.165, 1.54) is 23.0 Å². The van der Waals surface area contributed by atoms with Crippen molar-refractivity contribution in [2.24, 2.45) is 0 Å².